The van der Waals surface area contributed by atoms with Crippen LogP contribution in [0.2, 0.25) is 0 Å². The second-order valence-corrected chi connectivity index (χ2v) is 8.87. The second-order valence-electron chi connectivity index (χ2n) is 5.19. The first-order chi connectivity index (χ1) is 9.70. The molecule has 3 atom stereocenters. The Labute approximate surface area is 139 Å². The Morgan fingerprint density at radius 3 is 2.90 bits per heavy atom. The average Bonchev–Trinajstić information content (AvgIpc) is 2.44. The van der Waals surface area contributed by atoms with Crippen molar-refractivity contribution in [3.63, 3.8) is 0 Å². The van der Waals surface area contributed by atoms with E-state index in [2.05, 4.69) is 69.7 Å². The zero-order valence-electron chi connectivity index (χ0n) is 12.1. The van der Waals surface area contributed by atoms with Gasteiger partial charge in [-0.1, -0.05) is 13.8 Å². The van der Waals surface area contributed by atoms with Gasteiger partial charge in [-0.15, -0.1) is 0 Å². The van der Waals surface area contributed by atoms with Gasteiger partial charge in [0.2, 0.25) is 0 Å². The van der Waals surface area contributed by atoms with Gasteiger partial charge in [-0.2, -0.15) is 23.5 Å². The molecule has 1 N–H and O–H groups in total. The monoisotopic (exact) mass is 374 g/mol. The number of hydrogen-bond acceptors (Lipinski definition) is 4. The molecule has 0 aliphatic carbocycles. The topological polar surface area (TPSA) is 24.9 Å². The molecule has 0 saturated carbocycles. The van der Waals surface area contributed by atoms with Gasteiger partial charge in [-0.3, -0.25) is 4.98 Å². The van der Waals surface area contributed by atoms with Crippen molar-refractivity contribution >= 4 is 39.5 Å². The van der Waals surface area contributed by atoms with Crippen molar-refractivity contribution in [1.29, 1.82) is 0 Å². The number of aromatic nitrogens is 1. The Kier molecular flexibility index (Phi) is 7.22. The molecule has 0 aromatic carbocycles. The van der Waals surface area contributed by atoms with Gasteiger partial charge in [0.1, 0.15) is 0 Å². The summed E-state index contributed by atoms with van der Waals surface area (Å²) in [6, 6.07) is 2.73. The summed E-state index contributed by atoms with van der Waals surface area (Å²) in [6.45, 7) is 5.71. The predicted octanol–water partition coefficient (Wildman–Crippen LogP) is 3.99. The summed E-state index contributed by atoms with van der Waals surface area (Å²) in [6.07, 6.45) is 6.10. The van der Waals surface area contributed by atoms with E-state index >= 15 is 0 Å². The molecule has 2 heterocycles. The van der Waals surface area contributed by atoms with E-state index in [1.807, 2.05) is 12.4 Å². The van der Waals surface area contributed by atoms with Crippen molar-refractivity contribution in [3.05, 3.63) is 28.5 Å². The second kappa shape index (κ2) is 8.66. The first kappa shape index (κ1) is 16.7. The van der Waals surface area contributed by atoms with E-state index in [9.17, 15) is 0 Å². The van der Waals surface area contributed by atoms with Crippen LogP contribution in [0.25, 0.3) is 0 Å². The SMILES string of the molecule is CCCNC(Cc1cncc(Br)c1)C1SCCSC1C. The molecule has 0 bridgehead atoms. The zero-order chi connectivity index (χ0) is 14.4. The fourth-order valence-electron chi connectivity index (χ4n) is 2.55. The molecule has 2 nitrogen and oxygen atoms in total. The van der Waals surface area contributed by atoms with Crippen LogP contribution in [0, 0.1) is 0 Å². The summed E-state index contributed by atoms with van der Waals surface area (Å²) in [4.78, 5) is 4.30. The molecule has 1 saturated heterocycles. The molecule has 0 radical (unpaired) electrons. The lowest BCUT2D eigenvalue weighted by molar-refractivity contribution is 0.486. The zero-order valence-corrected chi connectivity index (χ0v) is 15.4. The number of halogens is 1. The summed E-state index contributed by atoms with van der Waals surface area (Å²) in [5.41, 5.74) is 1.32. The van der Waals surface area contributed by atoms with E-state index in [1.54, 1.807) is 0 Å². The van der Waals surface area contributed by atoms with E-state index in [4.69, 9.17) is 0 Å². The van der Waals surface area contributed by atoms with E-state index in [0.29, 0.717) is 11.3 Å². The molecule has 0 amide bonds. The molecule has 3 unspecified atom stereocenters. The minimum Gasteiger partial charge on any atom is -0.313 e. The maximum absolute atomic E-state index is 4.30. The van der Waals surface area contributed by atoms with Gasteiger partial charge < -0.3 is 5.32 Å². The molecular weight excluding hydrogens is 352 g/mol. The fraction of sp³-hybridized carbons (Fsp3) is 0.667. The Morgan fingerprint density at radius 2 is 2.20 bits per heavy atom. The molecule has 1 aliphatic heterocycles. The van der Waals surface area contributed by atoms with Crippen molar-refractivity contribution in [2.75, 3.05) is 18.1 Å². The summed E-state index contributed by atoms with van der Waals surface area (Å²) >= 11 is 7.77. The molecule has 0 spiro atoms. The number of nitrogens with zero attached hydrogens (tertiary/aromatic N) is 1. The van der Waals surface area contributed by atoms with Gasteiger partial charge in [-0.05, 0) is 46.9 Å². The smallest absolute Gasteiger partial charge is 0.0410 e. The Hall–Kier alpha value is 0.290. The first-order valence-corrected chi connectivity index (χ1v) is 10.2. The van der Waals surface area contributed by atoms with Crippen molar-refractivity contribution in [2.45, 2.75) is 43.2 Å². The highest BCUT2D eigenvalue weighted by Gasteiger charge is 2.30. The van der Waals surface area contributed by atoms with Crippen LogP contribution < -0.4 is 5.32 Å². The molecule has 1 fully saturated rings. The summed E-state index contributed by atoms with van der Waals surface area (Å²) in [5, 5.41) is 5.18. The lowest BCUT2D eigenvalue weighted by Crippen LogP contribution is -2.46. The Morgan fingerprint density at radius 1 is 1.40 bits per heavy atom. The van der Waals surface area contributed by atoms with E-state index < -0.39 is 0 Å². The van der Waals surface area contributed by atoms with Crippen LogP contribution in [-0.2, 0) is 6.42 Å². The quantitative estimate of drug-likeness (QED) is 0.813. The Bertz CT molecular complexity index is 417. The summed E-state index contributed by atoms with van der Waals surface area (Å²) < 4.78 is 1.07. The largest absolute Gasteiger partial charge is 0.313 e. The molecule has 1 aliphatic rings. The molecule has 20 heavy (non-hydrogen) atoms. The van der Waals surface area contributed by atoms with E-state index in [0.717, 1.165) is 22.7 Å². The molecule has 1 aromatic rings. The van der Waals surface area contributed by atoms with Crippen LogP contribution in [0.4, 0.5) is 0 Å². The van der Waals surface area contributed by atoms with Crippen molar-refractivity contribution in [3.8, 4) is 0 Å². The number of pyridine rings is 1. The summed E-state index contributed by atoms with van der Waals surface area (Å²) in [5.74, 6) is 2.57. The normalized spacial score (nSPS) is 24.6. The first-order valence-electron chi connectivity index (χ1n) is 7.26. The third-order valence-electron chi connectivity index (χ3n) is 3.51. The molecule has 1 aromatic heterocycles. The summed E-state index contributed by atoms with van der Waals surface area (Å²) in [7, 11) is 0. The third-order valence-corrected chi connectivity index (χ3v) is 7.19. The number of rotatable bonds is 6. The van der Waals surface area contributed by atoms with Crippen molar-refractivity contribution in [1.82, 2.24) is 10.3 Å². The van der Waals surface area contributed by atoms with Crippen LogP contribution in [0.15, 0.2) is 22.9 Å². The minimum absolute atomic E-state index is 0.541. The predicted molar refractivity (Wildman–Crippen MR) is 95.9 cm³/mol. The highest BCUT2D eigenvalue weighted by atomic mass is 79.9. The fourth-order valence-corrected chi connectivity index (χ4v) is 5.92. The Balaban J connectivity index is 2.06. The molecule has 2 rings (SSSR count). The van der Waals surface area contributed by atoms with Gasteiger partial charge in [-0.25, -0.2) is 0 Å². The van der Waals surface area contributed by atoms with Crippen LogP contribution in [0.1, 0.15) is 25.8 Å². The molecule has 5 heteroatoms. The maximum Gasteiger partial charge on any atom is 0.0410 e. The van der Waals surface area contributed by atoms with Crippen molar-refractivity contribution in [2.24, 2.45) is 0 Å². The van der Waals surface area contributed by atoms with E-state index in [-0.39, 0.29) is 0 Å². The number of thioether (sulfide) groups is 2. The molecule has 112 valence electrons. The number of nitrogens with one attached hydrogen (secondary N) is 1. The third kappa shape index (κ3) is 4.93. The van der Waals surface area contributed by atoms with Crippen LogP contribution in [0.5, 0.6) is 0 Å². The average molecular weight is 375 g/mol. The lowest BCUT2D eigenvalue weighted by Gasteiger charge is -2.35. The van der Waals surface area contributed by atoms with Crippen LogP contribution >= 0.6 is 39.5 Å². The van der Waals surface area contributed by atoms with Gasteiger partial charge in [0.25, 0.3) is 0 Å². The van der Waals surface area contributed by atoms with Gasteiger partial charge in [0, 0.05) is 44.9 Å². The van der Waals surface area contributed by atoms with Gasteiger partial charge in [0.15, 0.2) is 0 Å². The van der Waals surface area contributed by atoms with E-state index in [1.165, 1.54) is 23.5 Å². The van der Waals surface area contributed by atoms with Gasteiger partial charge >= 0.3 is 0 Å². The van der Waals surface area contributed by atoms with Crippen LogP contribution in [-0.4, -0.2) is 39.6 Å². The highest BCUT2D eigenvalue weighted by molar-refractivity contribution is 9.10. The highest BCUT2D eigenvalue weighted by Crippen LogP contribution is 2.34. The number of hydrogen-bond donors (Lipinski definition) is 1. The van der Waals surface area contributed by atoms with Crippen molar-refractivity contribution < 1.29 is 0 Å². The standard InChI is InChI=1S/C15H23BrN2S2/c1-3-4-18-14(15-11(2)19-5-6-20-15)8-12-7-13(16)10-17-9-12/h7,9-11,14-15,18H,3-6,8H2,1-2H3. The molecular formula is C15H23BrN2S2. The maximum atomic E-state index is 4.30. The van der Waals surface area contributed by atoms with Gasteiger partial charge in [0.05, 0.1) is 0 Å². The van der Waals surface area contributed by atoms with Crippen LogP contribution in [0.3, 0.4) is 0 Å². The minimum atomic E-state index is 0.541. The lowest BCUT2D eigenvalue weighted by atomic mass is 10.0.